The zero-order chi connectivity index (χ0) is 13.4. The molecule has 0 saturated carbocycles. The highest BCUT2D eigenvalue weighted by Crippen LogP contribution is 2.17. The fraction of sp³-hybridized carbons (Fsp3) is 0.571. The van der Waals surface area contributed by atoms with Crippen LogP contribution in [0.25, 0.3) is 0 Å². The molecular weight excluding hydrogens is 292 g/mol. The first-order valence-electron chi connectivity index (χ1n) is 6.26. The highest BCUT2D eigenvalue weighted by molar-refractivity contribution is 9.10. The molecule has 0 fully saturated rings. The largest absolute Gasteiger partial charge is 0.383 e. The molecule has 0 aromatic heterocycles. The number of benzene rings is 1. The van der Waals surface area contributed by atoms with Crippen LogP contribution in [0, 0.1) is 6.92 Å². The Morgan fingerprint density at radius 1 is 1.33 bits per heavy atom. The summed E-state index contributed by atoms with van der Waals surface area (Å²) in [7, 11) is 3.85. The van der Waals surface area contributed by atoms with Crippen molar-refractivity contribution >= 4 is 15.9 Å². The summed E-state index contributed by atoms with van der Waals surface area (Å²) < 4.78 is 6.22. The normalized spacial score (nSPS) is 11.2. The summed E-state index contributed by atoms with van der Waals surface area (Å²) in [6.07, 6.45) is 0. The molecule has 0 unspecified atom stereocenters. The second kappa shape index (κ2) is 8.64. The van der Waals surface area contributed by atoms with Crippen LogP contribution in [0.1, 0.15) is 11.1 Å². The molecule has 102 valence electrons. The van der Waals surface area contributed by atoms with Crippen LogP contribution in [0.3, 0.4) is 0 Å². The molecule has 1 N–H and O–H groups in total. The fourth-order valence-electron chi connectivity index (χ4n) is 1.61. The Labute approximate surface area is 119 Å². The maximum absolute atomic E-state index is 5.05. The third-order valence-electron chi connectivity index (χ3n) is 2.91. The van der Waals surface area contributed by atoms with Crippen LogP contribution in [0.5, 0.6) is 0 Å². The number of hydrogen-bond acceptors (Lipinski definition) is 3. The van der Waals surface area contributed by atoms with E-state index in [1.807, 2.05) is 0 Å². The zero-order valence-electron chi connectivity index (χ0n) is 11.5. The van der Waals surface area contributed by atoms with Crippen LogP contribution in [-0.2, 0) is 11.3 Å². The van der Waals surface area contributed by atoms with Crippen LogP contribution in [-0.4, -0.2) is 45.3 Å². The third kappa shape index (κ3) is 5.96. The van der Waals surface area contributed by atoms with Gasteiger partial charge in [-0.3, -0.25) is 0 Å². The van der Waals surface area contributed by atoms with E-state index in [-0.39, 0.29) is 0 Å². The van der Waals surface area contributed by atoms with Gasteiger partial charge in [-0.1, -0.05) is 28.1 Å². The highest BCUT2D eigenvalue weighted by Gasteiger charge is 1.99. The number of methoxy groups -OCH3 is 1. The monoisotopic (exact) mass is 314 g/mol. The molecule has 1 aromatic rings. The molecule has 18 heavy (non-hydrogen) atoms. The lowest BCUT2D eigenvalue weighted by atomic mass is 10.1. The topological polar surface area (TPSA) is 24.5 Å². The van der Waals surface area contributed by atoms with Crippen LogP contribution in [0.15, 0.2) is 22.7 Å². The second-order valence-corrected chi connectivity index (χ2v) is 5.41. The number of rotatable bonds is 8. The van der Waals surface area contributed by atoms with Crippen LogP contribution in [0.2, 0.25) is 0 Å². The molecule has 0 heterocycles. The molecule has 0 radical (unpaired) electrons. The third-order valence-corrected chi connectivity index (χ3v) is 3.77. The Bertz CT molecular complexity index is 358. The first kappa shape index (κ1) is 15.6. The Hall–Kier alpha value is -0.420. The van der Waals surface area contributed by atoms with Crippen molar-refractivity contribution < 1.29 is 4.74 Å². The Balaban J connectivity index is 2.19. The van der Waals surface area contributed by atoms with Gasteiger partial charge in [-0.15, -0.1) is 0 Å². The molecule has 4 heteroatoms. The van der Waals surface area contributed by atoms with Crippen LogP contribution >= 0.6 is 15.9 Å². The van der Waals surface area contributed by atoms with E-state index in [2.05, 4.69) is 58.3 Å². The lowest BCUT2D eigenvalue weighted by Gasteiger charge is -2.16. The van der Waals surface area contributed by atoms with Crippen molar-refractivity contribution in [1.82, 2.24) is 10.2 Å². The molecule has 0 aliphatic carbocycles. The fourth-order valence-corrected chi connectivity index (χ4v) is 2.03. The van der Waals surface area contributed by atoms with E-state index in [4.69, 9.17) is 4.74 Å². The van der Waals surface area contributed by atoms with Gasteiger partial charge in [0, 0.05) is 37.8 Å². The van der Waals surface area contributed by atoms with E-state index in [1.165, 1.54) is 15.6 Å². The maximum atomic E-state index is 5.05. The van der Waals surface area contributed by atoms with Gasteiger partial charge in [0.1, 0.15) is 0 Å². The molecule has 0 aliphatic heterocycles. The molecule has 3 nitrogen and oxygen atoms in total. The second-order valence-electron chi connectivity index (χ2n) is 4.56. The minimum absolute atomic E-state index is 0.793. The van der Waals surface area contributed by atoms with E-state index in [0.717, 1.165) is 32.8 Å². The van der Waals surface area contributed by atoms with Crippen molar-refractivity contribution in [3.05, 3.63) is 33.8 Å². The van der Waals surface area contributed by atoms with Crippen molar-refractivity contribution in [2.75, 3.05) is 40.4 Å². The van der Waals surface area contributed by atoms with E-state index in [9.17, 15) is 0 Å². The van der Waals surface area contributed by atoms with E-state index in [0.29, 0.717) is 0 Å². The number of nitrogens with one attached hydrogen (secondary N) is 1. The average Bonchev–Trinajstić information content (AvgIpc) is 2.36. The smallest absolute Gasteiger partial charge is 0.0589 e. The molecule has 0 amide bonds. The summed E-state index contributed by atoms with van der Waals surface area (Å²) in [6, 6.07) is 6.49. The van der Waals surface area contributed by atoms with Crippen molar-refractivity contribution in [2.24, 2.45) is 0 Å². The van der Waals surface area contributed by atoms with Gasteiger partial charge in [-0.25, -0.2) is 0 Å². The Kier molecular flexibility index (Phi) is 7.51. The number of aryl methyl sites for hydroxylation is 1. The summed E-state index contributed by atoms with van der Waals surface area (Å²) in [5, 5.41) is 3.45. The Morgan fingerprint density at radius 3 is 2.78 bits per heavy atom. The maximum Gasteiger partial charge on any atom is 0.0589 e. The molecule has 0 bridgehead atoms. The van der Waals surface area contributed by atoms with Gasteiger partial charge in [0.25, 0.3) is 0 Å². The van der Waals surface area contributed by atoms with Crippen molar-refractivity contribution in [2.45, 2.75) is 13.5 Å². The molecule has 0 atom stereocenters. The summed E-state index contributed by atoms with van der Waals surface area (Å²) in [5.41, 5.74) is 2.59. The summed E-state index contributed by atoms with van der Waals surface area (Å²) >= 11 is 3.56. The Morgan fingerprint density at radius 2 is 2.11 bits per heavy atom. The molecule has 0 spiro atoms. The number of ether oxygens (including phenoxy) is 1. The van der Waals surface area contributed by atoms with Crippen molar-refractivity contribution in [3.8, 4) is 0 Å². The standard InChI is InChI=1S/C14H23BrN2O/c1-12-4-5-13(10-14(12)15)11-16-6-7-17(2)8-9-18-3/h4-5,10,16H,6-9,11H2,1-3H3. The van der Waals surface area contributed by atoms with E-state index >= 15 is 0 Å². The van der Waals surface area contributed by atoms with Gasteiger partial charge in [-0.2, -0.15) is 0 Å². The molecular formula is C14H23BrN2O. The summed E-state index contributed by atoms with van der Waals surface area (Å²) in [4.78, 5) is 2.27. The first-order valence-corrected chi connectivity index (χ1v) is 7.06. The van der Waals surface area contributed by atoms with E-state index < -0.39 is 0 Å². The minimum Gasteiger partial charge on any atom is -0.383 e. The predicted octanol–water partition coefficient (Wildman–Crippen LogP) is 2.43. The van der Waals surface area contributed by atoms with Gasteiger partial charge in [-0.05, 0) is 31.2 Å². The number of nitrogens with zero attached hydrogens (tertiary/aromatic N) is 1. The minimum atomic E-state index is 0.793. The van der Waals surface area contributed by atoms with Gasteiger partial charge in [0.2, 0.25) is 0 Å². The SMILES string of the molecule is COCCN(C)CCNCc1ccc(C)c(Br)c1. The van der Waals surface area contributed by atoms with Crippen molar-refractivity contribution in [3.63, 3.8) is 0 Å². The number of halogens is 1. The van der Waals surface area contributed by atoms with Gasteiger partial charge in [0.15, 0.2) is 0 Å². The highest BCUT2D eigenvalue weighted by atomic mass is 79.9. The molecule has 1 rings (SSSR count). The quantitative estimate of drug-likeness (QED) is 0.746. The average molecular weight is 315 g/mol. The summed E-state index contributed by atoms with van der Waals surface area (Å²) in [6.45, 7) is 6.82. The van der Waals surface area contributed by atoms with Gasteiger partial charge in [0.05, 0.1) is 6.61 Å². The van der Waals surface area contributed by atoms with Crippen LogP contribution < -0.4 is 5.32 Å². The first-order chi connectivity index (χ1) is 8.63. The lowest BCUT2D eigenvalue weighted by molar-refractivity contribution is 0.161. The zero-order valence-corrected chi connectivity index (χ0v) is 13.1. The van der Waals surface area contributed by atoms with E-state index in [1.54, 1.807) is 7.11 Å². The molecule has 0 saturated heterocycles. The molecule has 0 aliphatic rings. The van der Waals surface area contributed by atoms with Crippen molar-refractivity contribution in [1.29, 1.82) is 0 Å². The molecule has 1 aromatic carbocycles. The van der Waals surface area contributed by atoms with Crippen LogP contribution in [0.4, 0.5) is 0 Å². The lowest BCUT2D eigenvalue weighted by Crippen LogP contribution is -2.31. The van der Waals surface area contributed by atoms with Gasteiger partial charge < -0.3 is 15.0 Å². The summed E-state index contributed by atoms with van der Waals surface area (Å²) in [5.74, 6) is 0. The predicted molar refractivity (Wildman–Crippen MR) is 80.0 cm³/mol. The number of hydrogen-bond donors (Lipinski definition) is 1. The van der Waals surface area contributed by atoms with Gasteiger partial charge >= 0.3 is 0 Å². The number of likely N-dealkylation sites (N-methyl/N-ethyl adjacent to an activating group) is 1.